The Morgan fingerprint density at radius 1 is 0.895 bits per heavy atom. The average molecular weight is 291 g/mol. The fraction of sp³-hybridized carbons (Fsp3) is 0. The molecule has 1 N–H and O–H groups in total. The predicted octanol–water partition coefficient (Wildman–Crippen LogP) is 2.48. The van der Waals surface area contributed by atoms with E-state index in [0.717, 1.165) is 0 Å². The first kappa shape index (κ1) is 16.1. The van der Waals surface area contributed by atoms with Crippen molar-refractivity contribution in [3.63, 3.8) is 0 Å². The molecule has 19 heavy (non-hydrogen) atoms. The Labute approximate surface area is 132 Å². The van der Waals surface area contributed by atoms with Crippen LogP contribution < -0.4 is 4.74 Å². The van der Waals surface area contributed by atoms with Gasteiger partial charge < -0.3 is 4.74 Å². The Bertz CT molecular complexity index is 638. The van der Waals surface area contributed by atoms with Crippen LogP contribution >= 0.6 is 0 Å². The van der Waals surface area contributed by atoms with Gasteiger partial charge in [-0.25, -0.2) is 4.39 Å². The number of ether oxygens (including phenoxy) is 1. The van der Waals surface area contributed by atoms with E-state index in [1.807, 2.05) is 0 Å². The topological polar surface area (TPSA) is 63.6 Å². The molecule has 0 saturated carbocycles. The van der Waals surface area contributed by atoms with Crippen LogP contribution in [0.15, 0.2) is 53.4 Å². The van der Waals surface area contributed by atoms with Crippen LogP contribution in [-0.2, 0) is 10.1 Å². The van der Waals surface area contributed by atoms with E-state index in [-0.39, 0.29) is 40.3 Å². The molecule has 0 saturated heterocycles. The Morgan fingerprint density at radius 3 is 1.74 bits per heavy atom. The summed E-state index contributed by atoms with van der Waals surface area (Å²) in [5.41, 5.74) is 0. The fourth-order valence-electron chi connectivity index (χ4n) is 1.32. The molecule has 2 aromatic rings. The van der Waals surface area contributed by atoms with Crippen LogP contribution in [0.1, 0.15) is 0 Å². The Kier molecular flexibility index (Phi) is 5.51. The van der Waals surface area contributed by atoms with Crippen molar-refractivity contribution in [3.05, 3.63) is 54.3 Å². The third-order valence-corrected chi connectivity index (χ3v) is 3.04. The summed E-state index contributed by atoms with van der Waals surface area (Å²) in [6.45, 7) is 0. The minimum absolute atomic E-state index is 0. The quantitative estimate of drug-likeness (QED) is 0.697. The second-order valence-electron chi connectivity index (χ2n) is 3.50. The van der Waals surface area contributed by atoms with Crippen molar-refractivity contribution in [2.45, 2.75) is 4.90 Å². The summed E-state index contributed by atoms with van der Waals surface area (Å²) < 4.78 is 48.4. The van der Waals surface area contributed by atoms with Crippen molar-refractivity contribution in [2.75, 3.05) is 0 Å². The summed E-state index contributed by atoms with van der Waals surface area (Å²) in [6, 6.07) is 10.6. The first-order chi connectivity index (χ1) is 8.45. The maximum Gasteiger partial charge on any atom is 0.294 e. The molecule has 0 heterocycles. The molecule has 0 bridgehead atoms. The van der Waals surface area contributed by atoms with Gasteiger partial charge in [0.2, 0.25) is 0 Å². The molecule has 7 heteroatoms. The van der Waals surface area contributed by atoms with Crippen LogP contribution in [0.4, 0.5) is 4.39 Å². The Balaban J connectivity index is 0.00000180. The largest absolute Gasteiger partial charge is 0.457 e. The molecular formula is C12H9FNaO4S. The maximum absolute atomic E-state index is 12.7. The van der Waals surface area contributed by atoms with Crippen LogP contribution in [0.2, 0.25) is 0 Å². The summed E-state index contributed by atoms with van der Waals surface area (Å²) in [5, 5.41) is 0. The van der Waals surface area contributed by atoms with E-state index in [0.29, 0.717) is 11.5 Å². The molecule has 1 radical (unpaired) electrons. The van der Waals surface area contributed by atoms with E-state index < -0.39 is 10.1 Å². The van der Waals surface area contributed by atoms with E-state index in [1.54, 1.807) is 0 Å². The van der Waals surface area contributed by atoms with Crippen molar-refractivity contribution in [2.24, 2.45) is 0 Å². The minimum Gasteiger partial charge on any atom is -0.457 e. The zero-order valence-electron chi connectivity index (χ0n) is 10.1. The van der Waals surface area contributed by atoms with E-state index in [4.69, 9.17) is 9.29 Å². The molecule has 0 fully saturated rings. The van der Waals surface area contributed by atoms with Crippen molar-refractivity contribution >= 4 is 39.7 Å². The smallest absolute Gasteiger partial charge is 0.294 e. The second-order valence-corrected chi connectivity index (χ2v) is 4.92. The Hall–Kier alpha value is -0.920. The molecule has 0 aromatic heterocycles. The van der Waals surface area contributed by atoms with Gasteiger partial charge in [0.1, 0.15) is 17.3 Å². The summed E-state index contributed by atoms with van der Waals surface area (Å²) in [6.07, 6.45) is 0. The Morgan fingerprint density at radius 2 is 1.32 bits per heavy atom. The van der Waals surface area contributed by atoms with Crippen LogP contribution in [0.5, 0.6) is 11.5 Å². The first-order valence-corrected chi connectivity index (χ1v) is 6.40. The normalized spacial score (nSPS) is 10.6. The third-order valence-electron chi connectivity index (χ3n) is 2.17. The van der Waals surface area contributed by atoms with Gasteiger partial charge in [-0.05, 0) is 48.5 Å². The van der Waals surface area contributed by atoms with Gasteiger partial charge in [0.15, 0.2) is 0 Å². The number of hydrogen-bond donors (Lipinski definition) is 1. The maximum atomic E-state index is 12.7. The molecule has 0 spiro atoms. The fourth-order valence-corrected chi connectivity index (χ4v) is 1.80. The molecule has 0 aliphatic heterocycles. The van der Waals surface area contributed by atoms with Crippen molar-refractivity contribution in [1.82, 2.24) is 0 Å². The molecule has 95 valence electrons. The monoisotopic (exact) mass is 291 g/mol. The average Bonchev–Trinajstić information content (AvgIpc) is 2.32. The van der Waals surface area contributed by atoms with Crippen molar-refractivity contribution < 1.29 is 22.1 Å². The van der Waals surface area contributed by atoms with Crippen molar-refractivity contribution in [3.8, 4) is 11.5 Å². The van der Waals surface area contributed by atoms with E-state index in [2.05, 4.69) is 0 Å². The van der Waals surface area contributed by atoms with E-state index in [1.165, 1.54) is 48.5 Å². The zero-order chi connectivity index (χ0) is 13.2. The summed E-state index contributed by atoms with van der Waals surface area (Å²) in [4.78, 5) is -0.214. The van der Waals surface area contributed by atoms with Gasteiger partial charge in [0, 0.05) is 29.6 Å². The summed E-state index contributed by atoms with van der Waals surface area (Å²) >= 11 is 0. The van der Waals surface area contributed by atoms with Gasteiger partial charge in [-0.3, -0.25) is 4.55 Å². The van der Waals surface area contributed by atoms with Gasteiger partial charge in [-0.1, -0.05) is 0 Å². The second kappa shape index (κ2) is 6.49. The van der Waals surface area contributed by atoms with Gasteiger partial charge in [0.25, 0.3) is 10.1 Å². The number of rotatable bonds is 3. The van der Waals surface area contributed by atoms with Crippen molar-refractivity contribution in [1.29, 1.82) is 0 Å². The predicted molar refractivity (Wildman–Crippen MR) is 68.5 cm³/mol. The van der Waals surface area contributed by atoms with E-state index in [9.17, 15) is 12.8 Å². The third kappa shape index (κ3) is 4.59. The molecule has 2 rings (SSSR count). The number of benzene rings is 2. The first-order valence-electron chi connectivity index (χ1n) is 4.96. The van der Waals surface area contributed by atoms with Gasteiger partial charge >= 0.3 is 0 Å². The van der Waals surface area contributed by atoms with Crippen LogP contribution in [-0.4, -0.2) is 42.5 Å². The van der Waals surface area contributed by atoms with Crippen LogP contribution in [0, 0.1) is 5.82 Å². The SMILES string of the molecule is O=S(=O)(O)c1ccc(Oc2ccc(F)cc2)cc1.[Na]. The molecule has 0 aliphatic carbocycles. The van der Waals surface area contributed by atoms with Crippen LogP contribution in [0.25, 0.3) is 0 Å². The summed E-state index contributed by atoms with van der Waals surface area (Å²) in [7, 11) is -4.20. The molecule has 2 aromatic carbocycles. The molecule has 0 amide bonds. The summed E-state index contributed by atoms with van der Waals surface area (Å²) in [5.74, 6) is 0.439. The molecule has 0 aliphatic rings. The zero-order valence-corrected chi connectivity index (χ0v) is 12.9. The number of hydrogen-bond acceptors (Lipinski definition) is 3. The van der Waals surface area contributed by atoms with Gasteiger partial charge in [-0.15, -0.1) is 0 Å². The van der Waals surface area contributed by atoms with Gasteiger partial charge in [-0.2, -0.15) is 8.42 Å². The van der Waals surface area contributed by atoms with Crippen LogP contribution in [0.3, 0.4) is 0 Å². The molecule has 0 atom stereocenters. The molecule has 4 nitrogen and oxygen atoms in total. The molecular weight excluding hydrogens is 282 g/mol. The van der Waals surface area contributed by atoms with E-state index >= 15 is 0 Å². The minimum atomic E-state index is -4.20. The van der Waals surface area contributed by atoms with Gasteiger partial charge in [0.05, 0.1) is 4.90 Å². The standard InChI is InChI=1S/C12H9FO4S.Na/c13-9-1-3-10(4-2-9)17-11-5-7-12(8-6-11)18(14,15)16;/h1-8H,(H,14,15,16);. The molecule has 0 unspecified atom stereocenters. The number of halogens is 1.